The Hall–Kier alpha value is -3.13. The summed E-state index contributed by atoms with van der Waals surface area (Å²) >= 11 is 0. The predicted molar refractivity (Wildman–Crippen MR) is 120 cm³/mol. The number of aromatic amines is 1. The number of hydrogen-bond acceptors (Lipinski definition) is 5. The van der Waals surface area contributed by atoms with Crippen molar-refractivity contribution in [1.82, 2.24) is 25.4 Å². The molecular formula is C23H30N6O2. The van der Waals surface area contributed by atoms with Crippen LogP contribution < -0.4 is 5.32 Å². The Balaban J connectivity index is 1.41. The third kappa shape index (κ3) is 5.14. The van der Waals surface area contributed by atoms with E-state index in [4.69, 9.17) is 14.1 Å². The van der Waals surface area contributed by atoms with Gasteiger partial charge in [0, 0.05) is 26.1 Å². The molecule has 2 N–H and O–H groups in total. The van der Waals surface area contributed by atoms with Gasteiger partial charge in [0.25, 0.3) is 0 Å². The van der Waals surface area contributed by atoms with Crippen LogP contribution >= 0.6 is 0 Å². The van der Waals surface area contributed by atoms with Gasteiger partial charge >= 0.3 is 0 Å². The molecule has 0 bridgehead atoms. The molecule has 31 heavy (non-hydrogen) atoms. The van der Waals surface area contributed by atoms with Crippen LogP contribution in [0.4, 0.5) is 0 Å². The van der Waals surface area contributed by atoms with Crippen LogP contribution in [0.1, 0.15) is 35.5 Å². The smallest absolute Gasteiger partial charge is 0.216 e. The minimum atomic E-state index is 0.0448. The van der Waals surface area contributed by atoms with Gasteiger partial charge in [-0.05, 0) is 44.0 Å². The van der Waals surface area contributed by atoms with Crippen LogP contribution in [0.15, 0.2) is 46.0 Å². The number of nitrogens with zero attached hydrogens (tertiary/aromatic N) is 4. The summed E-state index contributed by atoms with van der Waals surface area (Å²) in [7, 11) is 0. The van der Waals surface area contributed by atoms with E-state index < -0.39 is 0 Å². The molecule has 1 aromatic carbocycles. The molecule has 1 aliphatic heterocycles. The van der Waals surface area contributed by atoms with Crippen molar-refractivity contribution in [2.45, 2.75) is 33.3 Å². The SMILES string of the molecule is CCNC(=NCCc1nc(-c2ccco2)n[nH]1)N1CCOC(c2ccc(C)cc2C)C1. The van der Waals surface area contributed by atoms with E-state index in [1.807, 2.05) is 12.1 Å². The van der Waals surface area contributed by atoms with E-state index in [9.17, 15) is 0 Å². The van der Waals surface area contributed by atoms with Crippen molar-refractivity contribution >= 4 is 5.96 Å². The highest BCUT2D eigenvalue weighted by Gasteiger charge is 2.25. The number of rotatable bonds is 6. The summed E-state index contributed by atoms with van der Waals surface area (Å²) in [5, 5.41) is 10.6. The van der Waals surface area contributed by atoms with E-state index in [1.165, 1.54) is 16.7 Å². The van der Waals surface area contributed by atoms with Crippen LogP contribution in [0.2, 0.25) is 0 Å². The van der Waals surface area contributed by atoms with E-state index in [2.05, 4.69) is 64.4 Å². The number of nitrogens with one attached hydrogen (secondary N) is 2. The molecule has 4 rings (SSSR count). The third-order valence-corrected chi connectivity index (χ3v) is 5.36. The van der Waals surface area contributed by atoms with Gasteiger partial charge in [0.05, 0.1) is 19.4 Å². The van der Waals surface area contributed by atoms with Gasteiger partial charge < -0.3 is 19.4 Å². The second-order valence-electron chi connectivity index (χ2n) is 7.73. The summed E-state index contributed by atoms with van der Waals surface area (Å²) in [6, 6.07) is 10.2. The summed E-state index contributed by atoms with van der Waals surface area (Å²) in [4.78, 5) is 11.6. The van der Waals surface area contributed by atoms with Gasteiger partial charge in [-0.2, -0.15) is 5.10 Å². The van der Waals surface area contributed by atoms with Crippen molar-refractivity contribution in [2.75, 3.05) is 32.8 Å². The molecule has 8 heteroatoms. The number of aromatic nitrogens is 3. The molecule has 0 aliphatic carbocycles. The highest BCUT2D eigenvalue weighted by molar-refractivity contribution is 5.80. The first-order chi connectivity index (χ1) is 15.1. The van der Waals surface area contributed by atoms with Crippen molar-refractivity contribution in [3.8, 4) is 11.6 Å². The monoisotopic (exact) mass is 422 g/mol. The molecule has 1 fully saturated rings. The molecule has 1 atom stereocenters. The highest BCUT2D eigenvalue weighted by atomic mass is 16.5. The van der Waals surface area contributed by atoms with E-state index in [0.717, 1.165) is 31.4 Å². The molecular weight excluding hydrogens is 392 g/mol. The first-order valence-electron chi connectivity index (χ1n) is 10.8. The van der Waals surface area contributed by atoms with Gasteiger partial charge in [0.15, 0.2) is 11.7 Å². The summed E-state index contributed by atoms with van der Waals surface area (Å²) in [5.74, 6) is 2.93. The molecule has 0 spiro atoms. The largest absolute Gasteiger partial charge is 0.461 e. The molecule has 8 nitrogen and oxygen atoms in total. The molecule has 1 aliphatic rings. The maximum Gasteiger partial charge on any atom is 0.216 e. The van der Waals surface area contributed by atoms with Gasteiger partial charge in [0.2, 0.25) is 5.82 Å². The predicted octanol–water partition coefficient (Wildman–Crippen LogP) is 3.26. The number of hydrogen-bond donors (Lipinski definition) is 2. The maximum atomic E-state index is 6.10. The third-order valence-electron chi connectivity index (χ3n) is 5.36. The van der Waals surface area contributed by atoms with Crippen molar-refractivity contribution in [3.63, 3.8) is 0 Å². The van der Waals surface area contributed by atoms with Gasteiger partial charge in [-0.1, -0.05) is 23.8 Å². The van der Waals surface area contributed by atoms with Crippen molar-refractivity contribution in [1.29, 1.82) is 0 Å². The Kier molecular flexibility index (Phi) is 6.66. The molecule has 164 valence electrons. The number of aryl methyl sites for hydroxylation is 2. The van der Waals surface area contributed by atoms with Crippen molar-refractivity contribution in [3.05, 3.63) is 59.1 Å². The number of ether oxygens (including phenoxy) is 1. The van der Waals surface area contributed by atoms with Gasteiger partial charge in [-0.15, -0.1) is 0 Å². The molecule has 3 heterocycles. The van der Waals surface area contributed by atoms with E-state index in [1.54, 1.807) is 6.26 Å². The first-order valence-corrected chi connectivity index (χ1v) is 10.8. The molecule has 1 unspecified atom stereocenters. The standard InChI is InChI=1S/C23H30N6O2/c1-4-24-23(25-10-9-21-26-22(28-27-21)19-6-5-12-30-19)29-11-13-31-20(15-29)18-8-7-16(2)14-17(18)3/h5-8,12,14,20H,4,9-11,13,15H2,1-3H3,(H,24,25)(H,26,27,28). The fourth-order valence-electron chi connectivity index (χ4n) is 3.83. The first kappa shape index (κ1) is 21.1. The average molecular weight is 423 g/mol. The lowest BCUT2D eigenvalue weighted by Gasteiger charge is -2.36. The summed E-state index contributed by atoms with van der Waals surface area (Å²) in [6.07, 6.45) is 2.34. The normalized spacial score (nSPS) is 17.2. The number of aliphatic imine (C=N–C) groups is 1. The van der Waals surface area contributed by atoms with Crippen LogP contribution in [-0.2, 0) is 11.2 Å². The Labute approximate surface area is 182 Å². The van der Waals surface area contributed by atoms with Crippen LogP contribution in [0.5, 0.6) is 0 Å². The lowest BCUT2D eigenvalue weighted by Crippen LogP contribution is -2.48. The number of furan rings is 1. The molecule has 1 saturated heterocycles. The highest BCUT2D eigenvalue weighted by Crippen LogP contribution is 2.26. The lowest BCUT2D eigenvalue weighted by atomic mass is 10.00. The molecule has 0 saturated carbocycles. The van der Waals surface area contributed by atoms with Gasteiger partial charge in [-0.25, -0.2) is 4.98 Å². The molecule has 0 amide bonds. The van der Waals surface area contributed by atoms with Crippen LogP contribution in [0.25, 0.3) is 11.6 Å². The number of benzene rings is 1. The lowest BCUT2D eigenvalue weighted by molar-refractivity contribution is -0.00833. The summed E-state index contributed by atoms with van der Waals surface area (Å²) in [6.45, 7) is 10.1. The Morgan fingerprint density at radius 3 is 3.00 bits per heavy atom. The number of guanidine groups is 1. The van der Waals surface area contributed by atoms with Gasteiger partial charge in [-0.3, -0.25) is 10.1 Å². The van der Waals surface area contributed by atoms with Gasteiger partial charge in [0.1, 0.15) is 11.9 Å². The maximum absolute atomic E-state index is 6.10. The summed E-state index contributed by atoms with van der Waals surface area (Å²) < 4.78 is 11.4. The van der Waals surface area contributed by atoms with Crippen LogP contribution in [-0.4, -0.2) is 58.8 Å². The Morgan fingerprint density at radius 1 is 1.32 bits per heavy atom. The number of H-pyrrole nitrogens is 1. The number of morpholine rings is 1. The zero-order valence-electron chi connectivity index (χ0n) is 18.4. The van der Waals surface area contributed by atoms with Crippen molar-refractivity contribution < 1.29 is 9.15 Å². The minimum absolute atomic E-state index is 0.0448. The fourth-order valence-corrected chi connectivity index (χ4v) is 3.83. The van der Waals surface area contributed by atoms with E-state index >= 15 is 0 Å². The Bertz CT molecular complexity index is 1010. The van der Waals surface area contributed by atoms with E-state index in [-0.39, 0.29) is 6.10 Å². The minimum Gasteiger partial charge on any atom is -0.461 e. The molecule has 3 aromatic rings. The topological polar surface area (TPSA) is 91.6 Å². The zero-order valence-corrected chi connectivity index (χ0v) is 18.4. The average Bonchev–Trinajstić information content (AvgIpc) is 3.45. The second kappa shape index (κ2) is 9.78. The molecule has 0 radical (unpaired) electrons. The summed E-state index contributed by atoms with van der Waals surface area (Å²) in [5.41, 5.74) is 3.79. The Morgan fingerprint density at radius 2 is 2.23 bits per heavy atom. The fraction of sp³-hybridized carbons (Fsp3) is 0.435. The van der Waals surface area contributed by atoms with Crippen molar-refractivity contribution in [2.24, 2.45) is 4.99 Å². The quantitative estimate of drug-likeness (QED) is 0.468. The van der Waals surface area contributed by atoms with E-state index in [0.29, 0.717) is 31.2 Å². The van der Waals surface area contributed by atoms with Crippen LogP contribution in [0, 0.1) is 13.8 Å². The molecule has 2 aromatic heterocycles. The van der Waals surface area contributed by atoms with Crippen LogP contribution in [0.3, 0.4) is 0 Å². The zero-order chi connectivity index (χ0) is 21.6. The second-order valence-corrected chi connectivity index (χ2v) is 7.73.